The van der Waals surface area contributed by atoms with Gasteiger partial charge in [0, 0.05) is 23.8 Å². The van der Waals surface area contributed by atoms with Crippen molar-refractivity contribution in [3.63, 3.8) is 0 Å². The molecule has 1 fully saturated rings. The highest BCUT2D eigenvalue weighted by molar-refractivity contribution is 7.89. The number of nitrogens with zero attached hydrogens (tertiary/aromatic N) is 5. The lowest BCUT2D eigenvalue weighted by molar-refractivity contribution is -0.135. The van der Waals surface area contributed by atoms with Gasteiger partial charge in [-0.15, -0.1) is 0 Å². The first-order valence-electron chi connectivity index (χ1n) is 10.7. The Morgan fingerprint density at radius 2 is 2.06 bits per heavy atom. The highest BCUT2D eigenvalue weighted by Crippen LogP contribution is 2.30. The molecule has 34 heavy (non-hydrogen) atoms. The number of carboxylic acid groups (broad SMARTS) is 1. The number of ether oxygens (including phenoxy) is 1. The summed E-state index contributed by atoms with van der Waals surface area (Å²) in [7, 11) is -3.87. The molecule has 0 aliphatic carbocycles. The fourth-order valence-corrected chi connectivity index (χ4v) is 5.14. The molecule has 0 radical (unpaired) electrons. The van der Waals surface area contributed by atoms with Gasteiger partial charge in [-0.25, -0.2) is 18.4 Å². The molecule has 186 valence electrons. The molecular weight excluding hydrogens is 482 g/mol. The fourth-order valence-electron chi connectivity index (χ4n) is 3.53. The third kappa shape index (κ3) is 7.12. The second kappa shape index (κ2) is 12.1. The number of carboxylic acids is 1. The lowest BCUT2D eigenvalue weighted by Crippen LogP contribution is -2.37. The predicted octanol–water partition coefficient (Wildman–Crippen LogP) is 3.25. The Balaban J connectivity index is 2.41. The summed E-state index contributed by atoms with van der Waals surface area (Å²) in [5.74, 6) is -1.16. The summed E-state index contributed by atoms with van der Waals surface area (Å²) in [6.45, 7) is 11.6. The SMILES string of the molecule is C=C(Cl)/C=C(\C)N(/N=C(\C=C\C)CC(=O)O)[C@H]1CN(S(=O)(=O)c2cnc(OCC)nc2)C[C@H]1C. The van der Waals surface area contributed by atoms with E-state index in [1.165, 1.54) is 16.7 Å². The number of aromatic nitrogens is 2. The third-order valence-electron chi connectivity index (χ3n) is 5.02. The number of hydrogen-bond acceptors (Lipinski definition) is 8. The van der Waals surface area contributed by atoms with E-state index in [-0.39, 0.29) is 47.4 Å². The summed E-state index contributed by atoms with van der Waals surface area (Å²) in [5, 5.41) is 15.7. The monoisotopic (exact) mass is 511 g/mol. The average molecular weight is 512 g/mol. The van der Waals surface area contributed by atoms with Gasteiger partial charge in [-0.3, -0.25) is 9.80 Å². The molecule has 1 aromatic rings. The zero-order valence-corrected chi connectivity index (χ0v) is 21.3. The summed E-state index contributed by atoms with van der Waals surface area (Å²) in [5.41, 5.74) is 0.921. The molecule has 0 spiro atoms. The Morgan fingerprint density at radius 1 is 1.41 bits per heavy atom. The quantitative estimate of drug-likeness (QED) is 0.272. The Morgan fingerprint density at radius 3 is 2.59 bits per heavy atom. The minimum atomic E-state index is -3.87. The van der Waals surface area contributed by atoms with Crippen LogP contribution in [0.15, 0.2) is 57.9 Å². The van der Waals surface area contributed by atoms with Crippen LogP contribution in [-0.4, -0.2) is 70.2 Å². The van der Waals surface area contributed by atoms with Gasteiger partial charge in [0.15, 0.2) is 0 Å². The number of carbonyl (C=O) groups is 1. The molecule has 1 N–H and O–H groups in total. The molecule has 1 aliphatic heterocycles. The van der Waals surface area contributed by atoms with Crippen molar-refractivity contribution >= 4 is 33.3 Å². The topological polar surface area (TPSA) is 125 Å². The first-order valence-corrected chi connectivity index (χ1v) is 12.5. The molecule has 2 rings (SSSR count). The van der Waals surface area contributed by atoms with Gasteiger partial charge in [-0.05, 0) is 38.8 Å². The van der Waals surface area contributed by atoms with Crippen LogP contribution in [0.25, 0.3) is 0 Å². The van der Waals surface area contributed by atoms with E-state index >= 15 is 0 Å². The third-order valence-corrected chi connectivity index (χ3v) is 6.92. The van der Waals surface area contributed by atoms with E-state index in [9.17, 15) is 18.3 Å². The van der Waals surface area contributed by atoms with E-state index in [2.05, 4.69) is 21.6 Å². The maximum absolute atomic E-state index is 13.2. The second-order valence-corrected chi connectivity index (χ2v) is 10.2. The highest BCUT2D eigenvalue weighted by Gasteiger charge is 2.41. The maximum Gasteiger partial charge on any atom is 0.316 e. The largest absolute Gasteiger partial charge is 0.481 e. The van der Waals surface area contributed by atoms with Gasteiger partial charge in [0.1, 0.15) is 4.90 Å². The minimum absolute atomic E-state index is 0.0410. The molecule has 10 nitrogen and oxygen atoms in total. The van der Waals surface area contributed by atoms with Crippen molar-refractivity contribution in [2.45, 2.75) is 45.1 Å². The van der Waals surface area contributed by atoms with Gasteiger partial charge >= 0.3 is 12.0 Å². The first-order chi connectivity index (χ1) is 16.0. The average Bonchev–Trinajstić information content (AvgIpc) is 3.14. The Kier molecular flexibility index (Phi) is 9.77. The molecule has 0 aromatic carbocycles. The normalized spacial score (nSPS) is 20.0. The van der Waals surface area contributed by atoms with Gasteiger partial charge in [0.25, 0.3) is 0 Å². The van der Waals surface area contributed by atoms with E-state index < -0.39 is 16.0 Å². The van der Waals surface area contributed by atoms with E-state index in [0.717, 1.165) is 0 Å². The molecule has 1 aromatic heterocycles. The van der Waals surface area contributed by atoms with Gasteiger partial charge in [-0.2, -0.15) is 9.41 Å². The van der Waals surface area contributed by atoms with Crippen LogP contribution in [0.4, 0.5) is 0 Å². The number of hydrogen-bond donors (Lipinski definition) is 1. The van der Waals surface area contributed by atoms with Gasteiger partial charge < -0.3 is 9.84 Å². The lowest BCUT2D eigenvalue weighted by atomic mass is 10.1. The predicted molar refractivity (Wildman–Crippen MR) is 130 cm³/mol. The summed E-state index contributed by atoms with van der Waals surface area (Å²) < 4.78 is 33.0. The van der Waals surface area contributed by atoms with Crippen molar-refractivity contribution < 1.29 is 23.1 Å². The molecule has 12 heteroatoms. The molecule has 0 unspecified atom stereocenters. The van der Waals surface area contributed by atoms with Crippen molar-refractivity contribution in [2.75, 3.05) is 19.7 Å². The van der Waals surface area contributed by atoms with E-state index in [1.54, 1.807) is 44.0 Å². The number of halogens is 1. The smallest absolute Gasteiger partial charge is 0.316 e. The molecule has 0 amide bonds. The molecular formula is C22H30ClN5O5S. The zero-order valence-electron chi connectivity index (χ0n) is 19.7. The minimum Gasteiger partial charge on any atom is -0.481 e. The van der Waals surface area contributed by atoms with Crippen LogP contribution in [0.3, 0.4) is 0 Å². The van der Waals surface area contributed by atoms with Crippen LogP contribution in [0, 0.1) is 5.92 Å². The van der Waals surface area contributed by atoms with Gasteiger partial charge in [-0.1, -0.05) is 31.2 Å². The van der Waals surface area contributed by atoms with Crippen molar-refractivity contribution in [1.82, 2.24) is 19.3 Å². The van der Waals surface area contributed by atoms with Crippen molar-refractivity contribution in [3.05, 3.63) is 47.9 Å². The zero-order chi connectivity index (χ0) is 25.5. The summed E-state index contributed by atoms with van der Waals surface area (Å²) >= 11 is 5.97. The molecule has 1 saturated heterocycles. The van der Waals surface area contributed by atoms with Crippen LogP contribution >= 0.6 is 11.6 Å². The van der Waals surface area contributed by atoms with Crippen LogP contribution < -0.4 is 4.74 Å². The first kappa shape index (κ1) is 27.5. The van der Waals surface area contributed by atoms with Crippen molar-refractivity contribution in [2.24, 2.45) is 11.0 Å². The van der Waals surface area contributed by atoms with Crippen molar-refractivity contribution in [3.8, 4) is 6.01 Å². The summed E-state index contributed by atoms with van der Waals surface area (Å²) in [6.07, 6.45) is 7.06. The number of aliphatic carboxylic acids is 1. The number of hydrazone groups is 1. The lowest BCUT2D eigenvalue weighted by Gasteiger charge is -2.30. The summed E-state index contributed by atoms with van der Waals surface area (Å²) in [6, 6.07) is -0.272. The highest BCUT2D eigenvalue weighted by atomic mass is 35.5. The summed E-state index contributed by atoms with van der Waals surface area (Å²) in [4.78, 5) is 19.2. The molecule has 2 heterocycles. The fraction of sp³-hybridized carbons (Fsp3) is 0.455. The number of allylic oxidation sites excluding steroid dienone is 5. The van der Waals surface area contributed by atoms with Crippen LogP contribution in [0.1, 0.15) is 34.1 Å². The maximum atomic E-state index is 13.2. The van der Waals surface area contributed by atoms with Crippen molar-refractivity contribution in [1.29, 1.82) is 0 Å². The van der Waals surface area contributed by atoms with Crippen LogP contribution in [0.2, 0.25) is 0 Å². The molecule has 2 atom stereocenters. The number of sulfonamides is 1. The van der Waals surface area contributed by atoms with Crippen LogP contribution in [-0.2, 0) is 14.8 Å². The molecule has 1 aliphatic rings. The Hall–Kier alpha value is -2.76. The second-order valence-electron chi connectivity index (χ2n) is 7.74. The standard InChI is InChI=1S/C22H30ClN5O5S/c1-6-8-18(10-21(29)30)26-28(17(5)9-16(4)23)20-14-27(13-15(20)3)34(31,32)19-11-24-22(25-12-19)33-7-2/h6,8-9,11-12,15,20H,4,7,10,13-14H2,1-3,5H3,(H,29,30)/b8-6+,17-9+,26-18+/t15-,20+/m1/s1. The Bertz CT molecular complexity index is 1090. The van der Waals surface area contributed by atoms with E-state index in [4.69, 9.17) is 16.3 Å². The van der Waals surface area contributed by atoms with E-state index in [0.29, 0.717) is 18.0 Å². The Labute approximate surface area is 205 Å². The van der Waals surface area contributed by atoms with Crippen LogP contribution in [0.5, 0.6) is 6.01 Å². The van der Waals surface area contributed by atoms with E-state index in [1.807, 2.05) is 6.92 Å². The van der Waals surface area contributed by atoms with Gasteiger partial charge in [0.05, 0.1) is 37.2 Å². The molecule has 0 bridgehead atoms. The number of rotatable bonds is 11. The van der Waals surface area contributed by atoms with Gasteiger partial charge in [0.2, 0.25) is 10.0 Å². The molecule has 0 saturated carbocycles.